The smallest absolute Gasteiger partial charge is 0.251 e. The number of thiocarbonyl (C=S) groups is 1. The molecule has 1 atom stereocenters. The molecule has 1 aliphatic rings. The van der Waals surface area contributed by atoms with Gasteiger partial charge in [0.2, 0.25) is 5.91 Å². The molecule has 1 saturated heterocycles. The van der Waals surface area contributed by atoms with Crippen LogP contribution in [0.5, 0.6) is 0 Å². The predicted octanol–water partition coefficient (Wildman–Crippen LogP) is -0.351. The van der Waals surface area contributed by atoms with E-state index in [1.165, 1.54) is 6.07 Å². The zero-order valence-corrected chi connectivity index (χ0v) is 13.4. The van der Waals surface area contributed by atoms with E-state index in [4.69, 9.17) is 29.2 Å². The highest BCUT2D eigenvalue weighted by Crippen LogP contribution is 2.10. The number of aromatic amines is 2. The zero-order valence-electron chi connectivity index (χ0n) is 11.7. The van der Waals surface area contributed by atoms with E-state index in [1.807, 2.05) is 0 Å². The van der Waals surface area contributed by atoms with E-state index in [2.05, 4.69) is 26.1 Å². The highest BCUT2D eigenvalue weighted by atomic mass is 32.1. The summed E-state index contributed by atoms with van der Waals surface area (Å²) >= 11 is 9.87. The van der Waals surface area contributed by atoms with Gasteiger partial charge in [-0.2, -0.15) is 0 Å². The van der Waals surface area contributed by atoms with E-state index in [-0.39, 0.29) is 28.8 Å². The molecule has 0 aliphatic carbocycles. The molecule has 2 heterocycles. The zero-order chi connectivity index (χ0) is 15.9. The Bertz CT molecular complexity index is 622. The minimum Gasteiger partial charge on any atom is -0.376 e. The number of nitrogens with one attached hydrogen (secondary N) is 5. The van der Waals surface area contributed by atoms with E-state index in [9.17, 15) is 9.59 Å². The average Bonchev–Trinajstić information content (AvgIpc) is 2.95. The first-order chi connectivity index (χ1) is 10.5. The third-order valence-corrected chi connectivity index (χ3v) is 3.45. The molecule has 0 bridgehead atoms. The van der Waals surface area contributed by atoms with Crippen LogP contribution in [0.15, 0.2) is 10.9 Å². The molecule has 0 radical (unpaired) electrons. The van der Waals surface area contributed by atoms with E-state index < -0.39 is 0 Å². The van der Waals surface area contributed by atoms with Gasteiger partial charge in [-0.15, -0.1) is 0 Å². The summed E-state index contributed by atoms with van der Waals surface area (Å²) in [6.45, 7) is 1.38. The summed E-state index contributed by atoms with van der Waals surface area (Å²) in [5, 5.41) is 3.27. The summed E-state index contributed by atoms with van der Waals surface area (Å²) < 4.78 is 5.62. The number of rotatable bonds is 4. The summed E-state index contributed by atoms with van der Waals surface area (Å²) in [5.41, 5.74) is 5.11. The van der Waals surface area contributed by atoms with Crippen LogP contribution in [0.2, 0.25) is 0 Å². The Morgan fingerprint density at radius 1 is 1.41 bits per heavy atom. The van der Waals surface area contributed by atoms with Gasteiger partial charge in [0.05, 0.1) is 12.5 Å². The van der Waals surface area contributed by atoms with Gasteiger partial charge >= 0.3 is 0 Å². The quantitative estimate of drug-likeness (QED) is 0.375. The highest BCUT2D eigenvalue weighted by Gasteiger charge is 2.15. The Morgan fingerprint density at radius 3 is 2.91 bits per heavy atom. The van der Waals surface area contributed by atoms with Crippen LogP contribution in [0.1, 0.15) is 18.5 Å². The van der Waals surface area contributed by atoms with Gasteiger partial charge in [-0.3, -0.25) is 25.4 Å². The summed E-state index contributed by atoms with van der Waals surface area (Å²) in [6.07, 6.45) is 2.20. The minimum atomic E-state index is -0.353. The van der Waals surface area contributed by atoms with Gasteiger partial charge in [0.1, 0.15) is 0 Å². The van der Waals surface area contributed by atoms with Crippen molar-refractivity contribution < 1.29 is 9.53 Å². The van der Waals surface area contributed by atoms with Gasteiger partial charge in [0.15, 0.2) is 9.88 Å². The second-order valence-electron chi connectivity index (χ2n) is 4.81. The van der Waals surface area contributed by atoms with Gasteiger partial charge in [0.25, 0.3) is 5.56 Å². The van der Waals surface area contributed by atoms with E-state index in [1.54, 1.807) is 0 Å². The second-order valence-corrected chi connectivity index (χ2v) is 5.62. The highest BCUT2D eigenvalue weighted by molar-refractivity contribution is 7.80. The Hall–Kier alpha value is -1.78. The fourth-order valence-electron chi connectivity index (χ4n) is 2.01. The van der Waals surface area contributed by atoms with Gasteiger partial charge in [-0.1, -0.05) is 0 Å². The predicted molar refractivity (Wildman–Crippen MR) is 86.8 cm³/mol. The molecule has 0 aromatic carbocycles. The van der Waals surface area contributed by atoms with Crippen molar-refractivity contribution in [3.8, 4) is 0 Å². The number of carbonyl (C=O) groups is 1. The number of aromatic nitrogens is 2. The van der Waals surface area contributed by atoms with Crippen LogP contribution in [0.4, 0.5) is 0 Å². The third-order valence-electron chi connectivity index (χ3n) is 3.00. The van der Waals surface area contributed by atoms with Crippen LogP contribution >= 0.6 is 24.4 Å². The van der Waals surface area contributed by atoms with E-state index >= 15 is 0 Å². The number of ether oxygens (including phenoxy) is 1. The molecular formula is C12H17N5O3S2. The second kappa shape index (κ2) is 8.01. The molecule has 0 unspecified atom stereocenters. The van der Waals surface area contributed by atoms with Crippen LogP contribution in [-0.4, -0.2) is 40.2 Å². The third kappa shape index (κ3) is 5.54. The normalized spacial score (nSPS) is 17.0. The summed E-state index contributed by atoms with van der Waals surface area (Å²) in [5.74, 6) is -0.350. The molecule has 0 spiro atoms. The van der Waals surface area contributed by atoms with E-state index in [0.717, 1.165) is 19.4 Å². The molecule has 8 nitrogen and oxygen atoms in total. The van der Waals surface area contributed by atoms with Crippen molar-refractivity contribution in [1.82, 2.24) is 26.1 Å². The maximum Gasteiger partial charge on any atom is 0.251 e. The number of hydrazine groups is 1. The molecule has 1 amide bonds. The fourth-order valence-corrected chi connectivity index (χ4v) is 2.38. The maximum atomic E-state index is 11.7. The molecule has 22 heavy (non-hydrogen) atoms. The van der Waals surface area contributed by atoms with Crippen molar-refractivity contribution in [1.29, 1.82) is 0 Å². The molecule has 5 N–H and O–H groups in total. The minimum absolute atomic E-state index is 0.0189. The summed E-state index contributed by atoms with van der Waals surface area (Å²) in [7, 11) is 0. The Morgan fingerprint density at radius 2 is 2.23 bits per heavy atom. The molecule has 1 aliphatic heterocycles. The van der Waals surface area contributed by atoms with Gasteiger partial charge < -0.3 is 15.0 Å². The molecule has 0 saturated carbocycles. The molecule has 2 rings (SSSR count). The number of carbonyl (C=O) groups excluding carboxylic acids is 1. The van der Waals surface area contributed by atoms with Crippen molar-refractivity contribution in [2.75, 3.05) is 13.2 Å². The summed E-state index contributed by atoms with van der Waals surface area (Å²) in [6, 6.07) is 1.28. The molecule has 10 heteroatoms. The van der Waals surface area contributed by atoms with Gasteiger partial charge in [-0.25, -0.2) is 0 Å². The first-order valence-corrected chi connectivity index (χ1v) is 7.61. The summed E-state index contributed by atoms with van der Waals surface area (Å²) in [4.78, 5) is 28.1. The lowest BCUT2D eigenvalue weighted by Crippen LogP contribution is -2.48. The van der Waals surface area contributed by atoms with Crippen molar-refractivity contribution >= 4 is 35.5 Å². The van der Waals surface area contributed by atoms with Gasteiger partial charge in [0, 0.05) is 24.9 Å². The van der Waals surface area contributed by atoms with Crippen molar-refractivity contribution in [2.24, 2.45) is 0 Å². The topological polar surface area (TPSA) is 111 Å². The first-order valence-electron chi connectivity index (χ1n) is 6.80. The lowest BCUT2D eigenvalue weighted by Gasteiger charge is -2.14. The van der Waals surface area contributed by atoms with Crippen LogP contribution in [-0.2, 0) is 16.0 Å². The van der Waals surface area contributed by atoms with Crippen LogP contribution < -0.4 is 21.7 Å². The van der Waals surface area contributed by atoms with Crippen molar-refractivity contribution in [3.63, 3.8) is 0 Å². The lowest BCUT2D eigenvalue weighted by molar-refractivity contribution is -0.121. The lowest BCUT2D eigenvalue weighted by atomic mass is 10.2. The largest absolute Gasteiger partial charge is 0.376 e. The van der Waals surface area contributed by atoms with Crippen LogP contribution in [0, 0.1) is 4.77 Å². The van der Waals surface area contributed by atoms with Crippen LogP contribution in [0.3, 0.4) is 0 Å². The first kappa shape index (κ1) is 16.6. The average molecular weight is 343 g/mol. The number of hydrogen-bond donors (Lipinski definition) is 5. The Balaban J connectivity index is 1.71. The number of hydrogen-bond acceptors (Lipinski definition) is 5. The fraction of sp³-hybridized carbons (Fsp3) is 0.500. The molecule has 1 fully saturated rings. The number of amides is 1. The maximum absolute atomic E-state index is 11.7. The van der Waals surface area contributed by atoms with Crippen molar-refractivity contribution in [2.45, 2.75) is 25.4 Å². The monoisotopic (exact) mass is 343 g/mol. The standard InChI is InChI=1S/C12H17N5O3S2/c18-9-4-7(14-12(22)15-9)5-10(19)16-17-11(21)13-6-8-2-1-3-20-8/h4,8H,1-3,5-6H2,(H,16,19)(H2,13,17,21)(H2,14,15,18,22)/t8-/m1/s1. The molecular weight excluding hydrogens is 326 g/mol. The molecule has 1 aromatic rings. The van der Waals surface area contributed by atoms with Crippen molar-refractivity contribution in [3.05, 3.63) is 26.9 Å². The van der Waals surface area contributed by atoms with Crippen LogP contribution in [0.25, 0.3) is 0 Å². The Kier molecular flexibility index (Phi) is 6.04. The SMILES string of the molecule is O=C(Cc1cc(=O)[nH]c(=S)[nH]1)NNC(=S)NC[C@H]1CCCO1. The Labute approximate surface area is 137 Å². The molecule has 1 aromatic heterocycles. The van der Waals surface area contributed by atoms with E-state index in [0.29, 0.717) is 17.4 Å². The molecule has 120 valence electrons. The van der Waals surface area contributed by atoms with Gasteiger partial charge in [-0.05, 0) is 37.3 Å². The number of H-pyrrole nitrogens is 2.